The molecule has 3 rings (SSSR count). The molecule has 4 heteroatoms. The van der Waals surface area contributed by atoms with Gasteiger partial charge in [0.2, 0.25) is 0 Å². The third-order valence-electron chi connectivity index (χ3n) is 3.11. The number of carboxylic acids is 1. The Labute approximate surface area is 110 Å². The molecular formula is C15H12O4. The maximum Gasteiger partial charge on any atom is 0.339 e. The number of benzene rings is 2. The van der Waals surface area contributed by atoms with Gasteiger partial charge in [-0.05, 0) is 12.1 Å². The van der Waals surface area contributed by atoms with Gasteiger partial charge < -0.3 is 14.6 Å². The van der Waals surface area contributed by atoms with Crippen LogP contribution in [0.5, 0.6) is 11.5 Å². The molecule has 0 unspecified atom stereocenters. The van der Waals surface area contributed by atoms with E-state index in [1.54, 1.807) is 19.1 Å². The number of rotatable bonds is 2. The van der Waals surface area contributed by atoms with Gasteiger partial charge in [-0.2, -0.15) is 0 Å². The Morgan fingerprint density at radius 3 is 2.47 bits per heavy atom. The molecule has 0 aromatic heterocycles. The molecule has 2 aromatic carbocycles. The van der Waals surface area contributed by atoms with Gasteiger partial charge in [0.25, 0.3) is 5.79 Å². The fourth-order valence-electron chi connectivity index (χ4n) is 2.15. The van der Waals surface area contributed by atoms with E-state index in [0.717, 1.165) is 5.56 Å². The average molecular weight is 256 g/mol. The van der Waals surface area contributed by atoms with Crippen molar-refractivity contribution in [3.63, 3.8) is 0 Å². The Bertz CT molecular complexity index is 636. The van der Waals surface area contributed by atoms with E-state index in [9.17, 15) is 4.79 Å². The third kappa shape index (κ3) is 1.81. The summed E-state index contributed by atoms with van der Waals surface area (Å²) in [5, 5.41) is 9.15. The number of para-hydroxylation sites is 1. The molecule has 0 spiro atoms. The molecule has 19 heavy (non-hydrogen) atoms. The molecule has 0 aliphatic carbocycles. The zero-order chi connectivity index (χ0) is 13.5. The summed E-state index contributed by atoms with van der Waals surface area (Å²) in [6, 6.07) is 14.3. The SMILES string of the molecule is C[C@]1(c2ccccc2)Oc2cccc(C(=O)O)c2O1. The van der Waals surface area contributed by atoms with Crippen LogP contribution in [0.2, 0.25) is 0 Å². The number of ether oxygens (including phenoxy) is 2. The zero-order valence-electron chi connectivity index (χ0n) is 10.3. The fourth-order valence-corrected chi connectivity index (χ4v) is 2.15. The number of carbonyl (C=O) groups is 1. The fraction of sp³-hybridized carbons (Fsp3) is 0.133. The Morgan fingerprint density at radius 1 is 1.05 bits per heavy atom. The van der Waals surface area contributed by atoms with Gasteiger partial charge in [0.1, 0.15) is 5.56 Å². The Balaban J connectivity index is 2.05. The van der Waals surface area contributed by atoms with E-state index >= 15 is 0 Å². The monoisotopic (exact) mass is 256 g/mol. The van der Waals surface area contributed by atoms with Crippen molar-refractivity contribution in [2.45, 2.75) is 12.7 Å². The van der Waals surface area contributed by atoms with Gasteiger partial charge in [-0.15, -0.1) is 0 Å². The van der Waals surface area contributed by atoms with Crippen LogP contribution in [0, 0.1) is 0 Å². The molecule has 1 atom stereocenters. The largest absolute Gasteiger partial charge is 0.478 e. The predicted molar refractivity (Wildman–Crippen MR) is 68.5 cm³/mol. The molecule has 0 amide bonds. The highest BCUT2D eigenvalue weighted by atomic mass is 16.7. The first-order chi connectivity index (χ1) is 9.10. The molecule has 1 aliphatic rings. The number of aromatic carboxylic acids is 1. The van der Waals surface area contributed by atoms with Crippen molar-refractivity contribution in [2.24, 2.45) is 0 Å². The number of carboxylic acid groups (broad SMARTS) is 1. The molecule has 1 aliphatic heterocycles. The summed E-state index contributed by atoms with van der Waals surface area (Å²) in [4.78, 5) is 11.2. The van der Waals surface area contributed by atoms with Crippen LogP contribution in [0.1, 0.15) is 22.8 Å². The molecule has 1 N–H and O–H groups in total. The highest BCUT2D eigenvalue weighted by molar-refractivity contribution is 5.92. The second kappa shape index (κ2) is 4.02. The van der Waals surface area contributed by atoms with Crippen molar-refractivity contribution in [1.29, 1.82) is 0 Å². The van der Waals surface area contributed by atoms with Crippen LogP contribution in [0.4, 0.5) is 0 Å². The predicted octanol–water partition coefficient (Wildman–Crippen LogP) is 3.03. The summed E-state index contributed by atoms with van der Waals surface area (Å²) in [5.41, 5.74) is 0.944. The summed E-state index contributed by atoms with van der Waals surface area (Å²) in [6.07, 6.45) is 0. The maximum absolute atomic E-state index is 11.2. The van der Waals surface area contributed by atoms with Gasteiger partial charge >= 0.3 is 5.97 Å². The van der Waals surface area contributed by atoms with Gasteiger partial charge in [-0.3, -0.25) is 0 Å². The van der Waals surface area contributed by atoms with Crippen molar-refractivity contribution in [3.05, 3.63) is 59.7 Å². The minimum Gasteiger partial charge on any atom is -0.478 e. The van der Waals surface area contributed by atoms with Gasteiger partial charge in [-0.1, -0.05) is 36.4 Å². The second-order valence-corrected chi connectivity index (χ2v) is 4.45. The van der Waals surface area contributed by atoms with Gasteiger partial charge in [0.15, 0.2) is 11.5 Å². The van der Waals surface area contributed by atoms with Crippen molar-refractivity contribution >= 4 is 5.97 Å². The Hall–Kier alpha value is -2.49. The van der Waals surface area contributed by atoms with Crippen LogP contribution in [0.25, 0.3) is 0 Å². The van der Waals surface area contributed by atoms with Crippen LogP contribution in [0.3, 0.4) is 0 Å². The van der Waals surface area contributed by atoms with Gasteiger partial charge in [0.05, 0.1) is 0 Å². The standard InChI is InChI=1S/C15H12O4/c1-15(10-6-3-2-4-7-10)18-12-9-5-8-11(14(16)17)13(12)19-15/h2-9H,1H3,(H,16,17)/t15-/m0/s1. The van der Waals surface area contributed by atoms with Gasteiger partial charge in [-0.25, -0.2) is 4.79 Å². The minimum absolute atomic E-state index is 0.108. The normalized spacial score (nSPS) is 20.3. The Morgan fingerprint density at radius 2 is 1.79 bits per heavy atom. The molecule has 0 radical (unpaired) electrons. The first-order valence-electron chi connectivity index (χ1n) is 5.90. The maximum atomic E-state index is 11.2. The number of hydrogen-bond donors (Lipinski definition) is 1. The lowest BCUT2D eigenvalue weighted by Crippen LogP contribution is -2.31. The summed E-state index contributed by atoms with van der Waals surface area (Å²) in [6.45, 7) is 1.77. The van der Waals surface area contributed by atoms with E-state index in [2.05, 4.69) is 0 Å². The lowest BCUT2D eigenvalue weighted by atomic mass is 10.1. The van der Waals surface area contributed by atoms with Crippen molar-refractivity contribution in [3.8, 4) is 11.5 Å². The molecule has 0 bridgehead atoms. The van der Waals surface area contributed by atoms with E-state index < -0.39 is 11.8 Å². The summed E-state index contributed by atoms with van der Waals surface area (Å²) in [5.74, 6) is -1.29. The van der Waals surface area contributed by atoms with E-state index in [4.69, 9.17) is 14.6 Å². The molecule has 0 saturated heterocycles. The van der Waals surface area contributed by atoms with Crippen molar-refractivity contribution in [2.75, 3.05) is 0 Å². The first-order valence-corrected chi connectivity index (χ1v) is 5.90. The zero-order valence-corrected chi connectivity index (χ0v) is 10.3. The molecule has 1 heterocycles. The molecule has 96 valence electrons. The topological polar surface area (TPSA) is 55.8 Å². The summed E-state index contributed by atoms with van der Waals surface area (Å²) < 4.78 is 11.6. The summed E-state index contributed by atoms with van der Waals surface area (Å²) in [7, 11) is 0. The number of fused-ring (bicyclic) bond motifs is 1. The lowest BCUT2D eigenvalue weighted by Gasteiger charge is -2.23. The van der Waals surface area contributed by atoms with E-state index in [1.807, 2.05) is 30.3 Å². The van der Waals surface area contributed by atoms with Crippen LogP contribution >= 0.6 is 0 Å². The van der Waals surface area contributed by atoms with Crippen molar-refractivity contribution < 1.29 is 19.4 Å². The van der Waals surface area contributed by atoms with E-state index in [0.29, 0.717) is 5.75 Å². The molecule has 4 nitrogen and oxygen atoms in total. The molecule has 2 aromatic rings. The molecule has 0 fully saturated rings. The average Bonchev–Trinajstić information content (AvgIpc) is 2.77. The van der Waals surface area contributed by atoms with E-state index in [-0.39, 0.29) is 11.3 Å². The lowest BCUT2D eigenvalue weighted by molar-refractivity contribution is -0.0682. The molecular weight excluding hydrogens is 244 g/mol. The third-order valence-corrected chi connectivity index (χ3v) is 3.11. The highest BCUT2D eigenvalue weighted by Crippen LogP contribution is 2.45. The highest BCUT2D eigenvalue weighted by Gasteiger charge is 2.40. The van der Waals surface area contributed by atoms with Gasteiger partial charge in [0, 0.05) is 12.5 Å². The Kier molecular flexibility index (Phi) is 2.45. The van der Waals surface area contributed by atoms with Crippen LogP contribution < -0.4 is 9.47 Å². The first kappa shape index (κ1) is 11.6. The van der Waals surface area contributed by atoms with Crippen LogP contribution in [-0.2, 0) is 5.79 Å². The van der Waals surface area contributed by atoms with Crippen LogP contribution in [-0.4, -0.2) is 11.1 Å². The van der Waals surface area contributed by atoms with Crippen LogP contribution in [0.15, 0.2) is 48.5 Å². The summed E-state index contributed by atoms with van der Waals surface area (Å²) >= 11 is 0. The van der Waals surface area contributed by atoms with Crippen molar-refractivity contribution in [1.82, 2.24) is 0 Å². The smallest absolute Gasteiger partial charge is 0.339 e. The molecule has 0 saturated carbocycles. The minimum atomic E-state index is -1.03. The second-order valence-electron chi connectivity index (χ2n) is 4.45. The van der Waals surface area contributed by atoms with E-state index in [1.165, 1.54) is 6.07 Å². The number of hydrogen-bond acceptors (Lipinski definition) is 3. The quantitative estimate of drug-likeness (QED) is 0.897.